The third kappa shape index (κ3) is 0.928. The number of fused-ring (bicyclic) bond motifs is 1. The molecule has 0 spiro atoms. The maximum absolute atomic E-state index is 5.70. The molecule has 6 heteroatoms. The molecule has 1 N–H and O–H groups in total. The molecule has 56 valence electrons. The highest BCUT2D eigenvalue weighted by atomic mass is 35.5. The summed E-state index contributed by atoms with van der Waals surface area (Å²) in [7, 11) is 0. The highest BCUT2D eigenvalue weighted by molar-refractivity contribution is 7.71. The summed E-state index contributed by atoms with van der Waals surface area (Å²) >= 11 is 10.6. The van der Waals surface area contributed by atoms with Crippen LogP contribution >= 0.6 is 24.0 Å². The number of hydrogen-bond donors (Lipinski definition) is 1. The topological polar surface area (TPSA) is 46.5 Å². The van der Waals surface area contributed by atoms with Crippen molar-refractivity contribution in [1.29, 1.82) is 0 Å². The van der Waals surface area contributed by atoms with E-state index in [1.165, 1.54) is 16.7 Å². The van der Waals surface area contributed by atoms with Crippen molar-refractivity contribution in [2.75, 3.05) is 0 Å². The lowest BCUT2D eigenvalue weighted by Crippen LogP contribution is -1.88. The second kappa shape index (κ2) is 2.28. The zero-order chi connectivity index (χ0) is 7.84. The molecular weight excluding hydrogens is 184 g/mol. The number of halogens is 1. The van der Waals surface area contributed by atoms with Gasteiger partial charge in [-0.3, -0.25) is 0 Å². The van der Waals surface area contributed by atoms with Gasteiger partial charge < -0.3 is 4.98 Å². The minimum absolute atomic E-state index is 0.481. The van der Waals surface area contributed by atoms with Crippen LogP contribution in [0.4, 0.5) is 0 Å². The Morgan fingerprint density at radius 3 is 3.09 bits per heavy atom. The Hall–Kier alpha value is -0.940. The highest BCUT2D eigenvalue weighted by Gasteiger charge is 2.00. The molecule has 2 heterocycles. The molecule has 0 bridgehead atoms. The Labute approximate surface area is 72.0 Å². The van der Waals surface area contributed by atoms with E-state index >= 15 is 0 Å². The summed E-state index contributed by atoms with van der Waals surface area (Å²) < 4.78 is 1.77. The number of imidazole rings is 1. The first-order chi connectivity index (χ1) is 5.29. The summed E-state index contributed by atoms with van der Waals surface area (Å²) in [5.41, 5.74) is 1.30. The standard InChI is InChI=1S/C5H3ClN4S/c6-10-2-9-5(11)3-4(10)8-1-7-3/h1-2H,(H,7,8). The highest BCUT2D eigenvalue weighted by Crippen LogP contribution is 2.08. The molecule has 0 aromatic carbocycles. The molecule has 0 saturated carbocycles. The number of nitrogens with zero attached hydrogens (tertiary/aromatic N) is 3. The van der Waals surface area contributed by atoms with Gasteiger partial charge in [0.1, 0.15) is 11.8 Å². The molecule has 2 aromatic heterocycles. The summed E-state index contributed by atoms with van der Waals surface area (Å²) in [6, 6.07) is 0. The normalized spacial score (nSPS) is 10.6. The predicted molar refractivity (Wildman–Crippen MR) is 44.0 cm³/mol. The summed E-state index contributed by atoms with van der Waals surface area (Å²) in [5, 5.41) is 0. The van der Waals surface area contributed by atoms with Crippen LogP contribution in [0.3, 0.4) is 0 Å². The van der Waals surface area contributed by atoms with Gasteiger partial charge in [-0.15, -0.1) is 0 Å². The molecule has 0 aliphatic heterocycles. The van der Waals surface area contributed by atoms with Gasteiger partial charge in [0, 0.05) is 11.8 Å². The van der Waals surface area contributed by atoms with Gasteiger partial charge in [0.15, 0.2) is 10.3 Å². The zero-order valence-electron chi connectivity index (χ0n) is 5.28. The molecule has 0 aliphatic rings. The van der Waals surface area contributed by atoms with E-state index in [2.05, 4.69) is 15.0 Å². The van der Waals surface area contributed by atoms with Crippen molar-refractivity contribution in [1.82, 2.24) is 19.0 Å². The van der Waals surface area contributed by atoms with Crippen LogP contribution in [0.1, 0.15) is 0 Å². The van der Waals surface area contributed by atoms with Crippen LogP contribution in [-0.2, 0) is 0 Å². The lowest BCUT2D eigenvalue weighted by atomic mass is 10.6. The van der Waals surface area contributed by atoms with Gasteiger partial charge in [-0.1, -0.05) is 12.2 Å². The van der Waals surface area contributed by atoms with Crippen LogP contribution in [0.25, 0.3) is 11.2 Å². The van der Waals surface area contributed by atoms with Gasteiger partial charge in [-0.05, 0) is 0 Å². The SMILES string of the molecule is S=c1ncn(Cl)c2nc[nH]c12. The van der Waals surface area contributed by atoms with Crippen molar-refractivity contribution in [3.63, 3.8) is 0 Å². The minimum Gasteiger partial charge on any atom is -0.341 e. The van der Waals surface area contributed by atoms with E-state index in [0.717, 1.165) is 0 Å². The molecule has 0 fully saturated rings. The van der Waals surface area contributed by atoms with E-state index < -0.39 is 0 Å². The average molecular weight is 187 g/mol. The van der Waals surface area contributed by atoms with Crippen LogP contribution in [0.15, 0.2) is 12.7 Å². The van der Waals surface area contributed by atoms with Crippen molar-refractivity contribution in [3.8, 4) is 0 Å². The van der Waals surface area contributed by atoms with E-state index in [0.29, 0.717) is 15.8 Å². The fraction of sp³-hybridized carbons (Fsp3) is 0. The van der Waals surface area contributed by atoms with E-state index in [9.17, 15) is 0 Å². The first-order valence-corrected chi connectivity index (χ1v) is 3.60. The Bertz CT molecular complexity index is 445. The van der Waals surface area contributed by atoms with Gasteiger partial charge in [-0.2, -0.15) is 0 Å². The van der Waals surface area contributed by atoms with Gasteiger partial charge >= 0.3 is 0 Å². The molecule has 2 rings (SSSR count). The average Bonchev–Trinajstić information content (AvgIpc) is 2.45. The Morgan fingerprint density at radius 2 is 2.36 bits per heavy atom. The van der Waals surface area contributed by atoms with Crippen LogP contribution < -0.4 is 0 Å². The van der Waals surface area contributed by atoms with Crippen LogP contribution in [0, 0.1) is 4.64 Å². The number of hydrogen-bond acceptors (Lipinski definition) is 3. The summed E-state index contributed by atoms with van der Waals surface area (Å²) in [6.45, 7) is 0. The van der Waals surface area contributed by atoms with Crippen LogP contribution in [-0.4, -0.2) is 19.0 Å². The second-order valence-electron chi connectivity index (χ2n) is 1.96. The molecule has 2 aromatic rings. The van der Waals surface area contributed by atoms with E-state index in [1.807, 2.05) is 0 Å². The molecule has 0 amide bonds. The predicted octanol–water partition coefficient (Wildman–Crippen LogP) is 1.49. The molecular formula is C5H3ClN4S. The van der Waals surface area contributed by atoms with Crippen molar-refractivity contribution in [3.05, 3.63) is 17.3 Å². The molecule has 0 atom stereocenters. The van der Waals surface area contributed by atoms with Crippen molar-refractivity contribution in [2.45, 2.75) is 0 Å². The smallest absolute Gasteiger partial charge is 0.177 e. The quantitative estimate of drug-likeness (QED) is 0.635. The van der Waals surface area contributed by atoms with Crippen molar-refractivity contribution < 1.29 is 0 Å². The largest absolute Gasteiger partial charge is 0.341 e. The number of aromatic nitrogens is 4. The molecule has 4 nitrogen and oxygen atoms in total. The Morgan fingerprint density at radius 1 is 1.55 bits per heavy atom. The molecule has 0 unspecified atom stereocenters. The summed E-state index contributed by atoms with van der Waals surface area (Å²) in [4.78, 5) is 10.6. The van der Waals surface area contributed by atoms with Crippen LogP contribution in [0.2, 0.25) is 0 Å². The fourth-order valence-electron chi connectivity index (χ4n) is 0.829. The Kier molecular flexibility index (Phi) is 1.40. The zero-order valence-corrected chi connectivity index (χ0v) is 6.85. The van der Waals surface area contributed by atoms with Gasteiger partial charge in [0.2, 0.25) is 0 Å². The number of aromatic amines is 1. The Balaban J connectivity index is 3.08. The number of nitrogens with one attached hydrogen (secondary N) is 1. The minimum atomic E-state index is 0.481. The third-order valence-electron chi connectivity index (χ3n) is 1.31. The number of rotatable bonds is 0. The van der Waals surface area contributed by atoms with Gasteiger partial charge in [0.25, 0.3) is 0 Å². The van der Waals surface area contributed by atoms with E-state index in [1.54, 1.807) is 0 Å². The summed E-state index contributed by atoms with van der Waals surface area (Å²) in [5.74, 6) is 0. The lowest BCUT2D eigenvalue weighted by Gasteiger charge is -1.92. The summed E-state index contributed by atoms with van der Waals surface area (Å²) in [6.07, 6.45) is 2.95. The molecule has 0 radical (unpaired) electrons. The van der Waals surface area contributed by atoms with E-state index in [4.69, 9.17) is 24.0 Å². The first-order valence-electron chi connectivity index (χ1n) is 2.86. The van der Waals surface area contributed by atoms with Gasteiger partial charge in [0.05, 0.1) is 6.33 Å². The third-order valence-corrected chi connectivity index (χ3v) is 1.87. The first kappa shape index (κ1) is 6.75. The van der Waals surface area contributed by atoms with Crippen molar-refractivity contribution >= 4 is 35.2 Å². The monoisotopic (exact) mass is 186 g/mol. The molecule has 11 heavy (non-hydrogen) atoms. The van der Waals surface area contributed by atoms with Gasteiger partial charge in [-0.25, -0.2) is 14.1 Å². The molecule has 0 aliphatic carbocycles. The molecule has 0 saturated heterocycles. The van der Waals surface area contributed by atoms with Crippen LogP contribution in [0.5, 0.6) is 0 Å². The fourth-order valence-corrected chi connectivity index (χ4v) is 1.20. The lowest BCUT2D eigenvalue weighted by molar-refractivity contribution is 1.12. The maximum Gasteiger partial charge on any atom is 0.177 e. The maximum atomic E-state index is 5.70. The van der Waals surface area contributed by atoms with Crippen molar-refractivity contribution in [2.24, 2.45) is 0 Å². The second-order valence-corrected chi connectivity index (χ2v) is 2.71. The van der Waals surface area contributed by atoms with E-state index in [-0.39, 0.29) is 0 Å². The number of H-pyrrole nitrogens is 1.